The number of carbonyl (C=O) groups is 1. The van der Waals surface area contributed by atoms with Crippen LogP contribution in [0.5, 0.6) is 0 Å². The van der Waals surface area contributed by atoms with Crippen molar-refractivity contribution in [3.8, 4) is 0 Å². The van der Waals surface area contributed by atoms with E-state index >= 15 is 0 Å². The number of hydrogen-bond donors (Lipinski definition) is 0. The fourth-order valence-electron chi connectivity index (χ4n) is 1.85. The summed E-state index contributed by atoms with van der Waals surface area (Å²) < 4.78 is 0.561. The van der Waals surface area contributed by atoms with Gasteiger partial charge in [0, 0.05) is 16.8 Å². The van der Waals surface area contributed by atoms with Gasteiger partial charge < -0.3 is 0 Å². The van der Waals surface area contributed by atoms with Crippen LogP contribution in [-0.4, -0.2) is 21.9 Å². The standard InChI is InChI=1S/C15H18OS3/c1-3-14(16)17-9-8-13-10-18-15(19-13)12-6-4-11(2)5-7-12/h3-7,13,15H,1,8-10H2,2H3. The van der Waals surface area contributed by atoms with Gasteiger partial charge in [0.1, 0.15) is 0 Å². The van der Waals surface area contributed by atoms with Crippen molar-refractivity contribution in [3.05, 3.63) is 48.0 Å². The Balaban J connectivity index is 1.78. The average molecular weight is 311 g/mol. The summed E-state index contributed by atoms with van der Waals surface area (Å²) in [5, 5.41) is 0.757. The highest BCUT2D eigenvalue weighted by Crippen LogP contribution is 2.50. The van der Waals surface area contributed by atoms with Gasteiger partial charge in [-0.1, -0.05) is 48.2 Å². The van der Waals surface area contributed by atoms with Crippen LogP contribution in [0.1, 0.15) is 22.1 Å². The second kappa shape index (κ2) is 7.46. The van der Waals surface area contributed by atoms with Crippen LogP contribution in [-0.2, 0) is 4.79 Å². The minimum Gasteiger partial charge on any atom is -0.282 e. The molecule has 1 fully saturated rings. The molecule has 1 aliphatic rings. The van der Waals surface area contributed by atoms with Crippen molar-refractivity contribution in [2.24, 2.45) is 0 Å². The fourth-order valence-corrected chi connectivity index (χ4v) is 6.11. The van der Waals surface area contributed by atoms with Crippen LogP contribution in [0.15, 0.2) is 36.9 Å². The summed E-state index contributed by atoms with van der Waals surface area (Å²) in [6, 6.07) is 8.83. The zero-order valence-corrected chi connectivity index (χ0v) is 13.5. The van der Waals surface area contributed by atoms with E-state index in [1.165, 1.54) is 34.7 Å². The summed E-state index contributed by atoms with van der Waals surface area (Å²) >= 11 is 5.45. The van der Waals surface area contributed by atoms with Gasteiger partial charge in [-0.25, -0.2) is 0 Å². The summed E-state index contributed by atoms with van der Waals surface area (Å²) in [5.74, 6) is 2.09. The predicted octanol–water partition coefficient (Wildman–Crippen LogP) is 4.68. The minimum absolute atomic E-state index is 0.0886. The molecule has 2 rings (SSSR count). The van der Waals surface area contributed by atoms with E-state index in [0.717, 1.165) is 12.2 Å². The number of aryl methyl sites for hydroxylation is 1. The molecule has 0 spiro atoms. The Bertz CT molecular complexity index is 441. The van der Waals surface area contributed by atoms with Gasteiger partial charge in [-0.15, -0.1) is 23.5 Å². The van der Waals surface area contributed by atoms with Gasteiger partial charge in [0.05, 0.1) is 4.58 Å². The Morgan fingerprint density at radius 1 is 1.47 bits per heavy atom. The lowest BCUT2D eigenvalue weighted by Crippen LogP contribution is -2.03. The van der Waals surface area contributed by atoms with Gasteiger partial charge in [0.25, 0.3) is 0 Å². The number of rotatable bonds is 5. The van der Waals surface area contributed by atoms with E-state index in [4.69, 9.17) is 0 Å². The lowest BCUT2D eigenvalue weighted by molar-refractivity contribution is -0.107. The Hall–Kier alpha value is -0.320. The molecule has 2 atom stereocenters. The van der Waals surface area contributed by atoms with Gasteiger partial charge in [-0.2, -0.15) is 0 Å². The van der Waals surface area contributed by atoms with E-state index in [1.807, 2.05) is 23.5 Å². The smallest absolute Gasteiger partial charge is 0.211 e. The van der Waals surface area contributed by atoms with Crippen molar-refractivity contribution in [3.63, 3.8) is 0 Å². The second-order valence-corrected chi connectivity index (χ2v) is 8.44. The van der Waals surface area contributed by atoms with Crippen LogP contribution in [0, 0.1) is 6.92 Å². The molecule has 4 heteroatoms. The van der Waals surface area contributed by atoms with Crippen molar-refractivity contribution in [2.75, 3.05) is 11.5 Å². The first kappa shape index (κ1) is 15.1. The van der Waals surface area contributed by atoms with Crippen LogP contribution in [0.2, 0.25) is 0 Å². The monoisotopic (exact) mass is 310 g/mol. The molecule has 0 aliphatic carbocycles. The van der Waals surface area contributed by atoms with E-state index < -0.39 is 0 Å². The maximum absolute atomic E-state index is 11.1. The highest BCUT2D eigenvalue weighted by Gasteiger charge is 2.26. The molecule has 1 aliphatic heterocycles. The van der Waals surface area contributed by atoms with Gasteiger partial charge >= 0.3 is 0 Å². The Morgan fingerprint density at radius 3 is 2.89 bits per heavy atom. The Morgan fingerprint density at radius 2 is 2.21 bits per heavy atom. The zero-order valence-electron chi connectivity index (χ0n) is 11.0. The molecule has 1 aromatic carbocycles. The molecule has 1 saturated heterocycles. The molecule has 1 heterocycles. The highest BCUT2D eigenvalue weighted by molar-refractivity contribution is 8.19. The molecule has 0 radical (unpaired) electrons. The van der Waals surface area contributed by atoms with Crippen molar-refractivity contribution < 1.29 is 4.79 Å². The van der Waals surface area contributed by atoms with Crippen LogP contribution >= 0.6 is 35.3 Å². The van der Waals surface area contributed by atoms with Gasteiger partial charge in [-0.3, -0.25) is 4.79 Å². The summed E-state index contributed by atoms with van der Waals surface area (Å²) in [4.78, 5) is 11.1. The molecule has 2 unspecified atom stereocenters. The van der Waals surface area contributed by atoms with E-state index in [1.54, 1.807) is 0 Å². The molecule has 0 aromatic heterocycles. The molecule has 0 saturated carbocycles. The van der Waals surface area contributed by atoms with Crippen molar-refractivity contribution in [2.45, 2.75) is 23.2 Å². The predicted molar refractivity (Wildman–Crippen MR) is 90.0 cm³/mol. The molecular weight excluding hydrogens is 292 g/mol. The normalized spacial score (nSPS) is 22.4. The largest absolute Gasteiger partial charge is 0.282 e. The molecular formula is C15H18OS3. The summed E-state index contributed by atoms with van der Waals surface area (Å²) in [6.07, 6.45) is 2.50. The van der Waals surface area contributed by atoms with Crippen molar-refractivity contribution >= 4 is 40.4 Å². The molecule has 0 bridgehead atoms. The maximum atomic E-state index is 11.1. The SMILES string of the molecule is C=CC(=O)SCCC1CSC(c2ccc(C)cc2)S1. The molecule has 102 valence electrons. The average Bonchev–Trinajstić information content (AvgIpc) is 2.88. The first-order chi connectivity index (χ1) is 9.19. The van der Waals surface area contributed by atoms with Crippen LogP contribution in [0.3, 0.4) is 0 Å². The van der Waals surface area contributed by atoms with Gasteiger partial charge in [-0.05, 0) is 25.0 Å². The number of carbonyl (C=O) groups excluding carboxylic acids is 1. The van der Waals surface area contributed by atoms with Crippen molar-refractivity contribution in [1.82, 2.24) is 0 Å². The summed E-state index contributed by atoms with van der Waals surface area (Å²) in [6.45, 7) is 5.61. The summed E-state index contributed by atoms with van der Waals surface area (Å²) in [7, 11) is 0. The number of benzene rings is 1. The molecule has 1 aromatic rings. The first-order valence-corrected chi connectivity index (χ1v) is 9.29. The number of hydrogen-bond acceptors (Lipinski definition) is 4. The van der Waals surface area contributed by atoms with Crippen molar-refractivity contribution in [1.29, 1.82) is 0 Å². The lowest BCUT2D eigenvalue weighted by atomic mass is 10.2. The Kier molecular flexibility index (Phi) is 5.92. The highest BCUT2D eigenvalue weighted by atomic mass is 32.2. The first-order valence-electron chi connectivity index (χ1n) is 6.32. The molecule has 19 heavy (non-hydrogen) atoms. The topological polar surface area (TPSA) is 17.1 Å². The van der Waals surface area contributed by atoms with Gasteiger partial charge in [0.15, 0.2) is 0 Å². The maximum Gasteiger partial charge on any atom is 0.211 e. The van der Waals surface area contributed by atoms with Crippen LogP contribution < -0.4 is 0 Å². The van der Waals surface area contributed by atoms with Gasteiger partial charge in [0.2, 0.25) is 5.12 Å². The zero-order chi connectivity index (χ0) is 13.7. The van der Waals surface area contributed by atoms with E-state index in [0.29, 0.717) is 9.83 Å². The summed E-state index contributed by atoms with van der Waals surface area (Å²) in [5.41, 5.74) is 2.73. The lowest BCUT2D eigenvalue weighted by Gasteiger charge is -2.10. The van der Waals surface area contributed by atoms with E-state index in [2.05, 4.69) is 37.8 Å². The molecule has 0 N–H and O–H groups in total. The van der Waals surface area contributed by atoms with E-state index in [-0.39, 0.29) is 5.12 Å². The second-order valence-electron chi connectivity index (χ2n) is 4.49. The minimum atomic E-state index is 0.0886. The van der Waals surface area contributed by atoms with E-state index in [9.17, 15) is 4.79 Å². The molecule has 1 nitrogen and oxygen atoms in total. The Labute approximate surface area is 128 Å². The third-order valence-corrected chi connectivity index (χ3v) is 7.27. The van der Waals surface area contributed by atoms with Crippen LogP contribution in [0.25, 0.3) is 0 Å². The third-order valence-electron chi connectivity index (χ3n) is 2.95. The number of thioether (sulfide) groups is 3. The third kappa shape index (κ3) is 4.62. The molecule has 0 amide bonds. The quantitative estimate of drug-likeness (QED) is 0.734. The van der Waals surface area contributed by atoms with Crippen LogP contribution in [0.4, 0.5) is 0 Å². The fraction of sp³-hybridized carbons (Fsp3) is 0.400.